The number of nitro groups is 1. The molecule has 0 aromatic heterocycles. The van der Waals surface area contributed by atoms with Crippen LogP contribution in [0.3, 0.4) is 0 Å². The number of hydrogen-bond acceptors (Lipinski definition) is 5. The summed E-state index contributed by atoms with van der Waals surface area (Å²) in [6, 6.07) is 6.03. The summed E-state index contributed by atoms with van der Waals surface area (Å²) in [6.45, 7) is 1.63. The molecule has 0 aliphatic heterocycles. The number of nitrogens with one attached hydrogen (secondary N) is 1. The average Bonchev–Trinajstić information content (AvgIpc) is 2.31. The molecular formula is C11H7ClN4O2. The Morgan fingerprint density at radius 3 is 2.61 bits per heavy atom. The van der Waals surface area contributed by atoms with Gasteiger partial charge in [-0.15, -0.1) is 0 Å². The summed E-state index contributed by atoms with van der Waals surface area (Å²) >= 11 is 5.73. The minimum atomic E-state index is -0.590. The van der Waals surface area contributed by atoms with E-state index in [0.29, 0.717) is 5.56 Å². The van der Waals surface area contributed by atoms with Gasteiger partial charge in [-0.2, -0.15) is 10.5 Å². The molecule has 0 aliphatic carbocycles. The summed E-state index contributed by atoms with van der Waals surface area (Å²) in [6.07, 6.45) is 1.11. The van der Waals surface area contributed by atoms with Crippen LogP contribution in [0.15, 0.2) is 23.9 Å². The van der Waals surface area contributed by atoms with Crippen LogP contribution in [0.1, 0.15) is 5.56 Å². The summed E-state index contributed by atoms with van der Waals surface area (Å²) in [4.78, 5) is 10.3. The molecule has 0 unspecified atom stereocenters. The first-order chi connectivity index (χ1) is 8.49. The second-order valence-corrected chi connectivity index (χ2v) is 3.74. The van der Waals surface area contributed by atoms with Crippen LogP contribution in [0.2, 0.25) is 5.02 Å². The van der Waals surface area contributed by atoms with E-state index in [-0.39, 0.29) is 22.0 Å². The Morgan fingerprint density at radius 1 is 1.50 bits per heavy atom. The van der Waals surface area contributed by atoms with Gasteiger partial charge in [0.05, 0.1) is 4.92 Å². The number of nitrogens with zero attached hydrogens (tertiary/aromatic N) is 3. The quantitative estimate of drug-likeness (QED) is 0.512. The zero-order valence-corrected chi connectivity index (χ0v) is 10.0. The molecule has 0 fully saturated rings. The standard InChI is InChI=1S/C11H7ClN4O2/c1-7-2-9(12)3-10(16(17)18)11(7)15-6-8(4-13)5-14/h2-3,6,15H,1H3. The first kappa shape index (κ1) is 13.5. The molecule has 0 atom stereocenters. The highest BCUT2D eigenvalue weighted by Gasteiger charge is 2.16. The maximum atomic E-state index is 10.9. The van der Waals surface area contributed by atoms with Gasteiger partial charge in [0, 0.05) is 17.3 Å². The molecule has 0 saturated heterocycles. The monoisotopic (exact) mass is 262 g/mol. The summed E-state index contributed by atoms with van der Waals surface area (Å²) < 4.78 is 0. The number of anilines is 1. The van der Waals surface area contributed by atoms with Crippen LogP contribution < -0.4 is 5.32 Å². The molecule has 1 aromatic rings. The zero-order chi connectivity index (χ0) is 13.7. The van der Waals surface area contributed by atoms with E-state index < -0.39 is 4.92 Å². The molecule has 1 aromatic carbocycles. The summed E-state index contributed by atoms with van der Waals surface area (Å²) in [5, 5.41) is 30.8. The van der Waals surface area contributed by atoms with E-state index in [0.717, 1.165) is 6.20 Å². The van der Waals surface area contributed by atoms with E-state index in [1.165, 1.54) is 6.07 Å². The van der Waals surface area contributed by atoms with Crippen molar-refractivity contribution in [3.63, 3.8) is 0 Å². The fraction of sp³-hybridized carbons (Fsp3) is 0.0909. The molecule has 7 heteroatoms. The zero-order valence-electron chi connectivity index (χ0n) is 9.27. The topological polar surface area (TPSA) is 103 Å². The first-order valence-electron chi connectivity index (χ1n) is 4.71. The molecule has 6 nitrogen and oxygen atoms in total. The largest absolute Gasteiger partial charge is 0.354 e. The van der Waals surface area contributed by atoms with E-state index in [4.69, 9.17) is 22.1 Å². The van der Waals surface area contributed by atoms with Gasteiger partial charge >= 0.3 is 0 Å². The minimum Gasteiger partial charge on any atom is -0.354 e. The Kier molecular flexibility index (Phi) is 4.25. The average molecular weight is 263 g/mol. The Balaban J connectivity index is 3.26. The first-order valence-corrected chi connectivity index (χ1v) is 5.08. The third-order valence-electron chi connectivity index (χ3n) is 2.08. The van der Waals surface area contributed by atoms with Crippen LogP contribution in [-0.2, 0) is 0 Å². The molecular weight excluding hydrogens is 256 g/mol. The second-order valence-electron chi connectivity index (χ2n) is 3.30. The second kappa shape index (κ2) is 5.67. The smallest absolute Gasteiger partial charge is 0.294 e. The van der Waals surface area contributed by atoms with Crippen molar-refractivity contribution in [1.29, 1.82) is 10.5 Å². The molecule has 18 heavy (non-hydrogen) atoms. The van der Waals surface area contributed by atoms with Crippen molar-refractivity contribution in [2.75, 3.05) is 5.32 Å². The number of benzene rings is 1. The van der Waals surface area contributed by atoms with E-state index in [1.54, 1.807) is 25.1 Å². The van der Waals surface area contributed by atoms with Crippen molar-refractivity contribution >= 4 is 23.0 Å². The number of hydrogen-bond donors (Lipinski definition) is 1. The lowest BCUT2D eigenvalue weighted by Crippen LogP contribution is -1.99. The Bertz CT molecular complexity index is 595. The SMILES string of the molecule is Cc1cc(Cl)cc([N+](=O)[O-])c1NC=C(C#N)C#N. The molecule has 0 bridgehead atoms. The van der Waals surface area contributed by atoms with Crippen LogP contribution >= 0.6 is 11.6 Å². The summed E-state index contributed by atoms with van der Waals surface area (Å²) in [7, 11) is 0. The highest BCUT2D eigenvalue weighted by molar-refractivity contribution is 6.31. The van der Waals surface area contributed by atoms with E-state index >= 15 is 0 Å². The molecule has 1 rings (SSSR count). The lowest BCUT2D eigenvalue weighted by atomic mass is 10.1. The lowest BCUT2D eigenvalue weighted by Gasteiger charge is -2.06. The van der Waals surface area contributed by atoms with Crippen molar-refractivity contribution in [3.8, 4) is 12.1 Å². The summed E-state index contributed by atoms with van der Waals surface area (Å²) in [5.41, 5.74) is 0.346. The van der Waals surface area contributed by atoms with Crippen LogP contribution in [0.5, 0.6) is 0 Å². The maximum Gasteiger partial charge on any atom is 0.294 e. The Hall–Kier alpha value is -2.57. The van der Waals surface area contributed by atoms with Crippen molar-refractivity contribution in [1.82, 2.24) is 0 Å². The number of rotatable bonds is 3. The highest BCUT2D eigenvalue weighted by atomic mass is 35.5. The van der Waals surface area contributed by atoms with Gasteiger partial charge in [-0.1, -0.05) is 11.6 Å². The lowest BCUT2D eigenvalue weighted by molar-refractivity contribution is -0.383. The number of halogens is 1. The Labute approximate surface area is 108 Å². The van der Waals surface area contributed by atoms with Gasteiger partial charge in [0.25, 0.3) is 5.69 Å². The minimum absolute atomic E-state index is 0.182. The number of aryl methyl sites for hydroxylation is 1. The third kappa shape index (κ3) is 2.97. The van der Waals surface area contributed by atoms with Gasteiger partial charge < -0.3 is 5.32 Å². The van der Waals surface area contributed by atoms with E-state index in [1.807, 2.05) is 0 Å². The van der Waals surface area contributed by atoms with Gasteiger partial charge in [0.15, 0.2) is 0 Å². The van der Waals surface area contributed by atoms with Crippen LogP contribution in [0.25, 0.3) is 0 Å². The van der Waals surface area contributed by atoms with Crippen LogP contribution in [-0.4, -0.2) is 4.92 Å². The molecule has 0 aliphatic rings. The number of nitro benzene ring substituents is 1. The van der Waals surface area contributed by atoms with Crippen LogP contribution in [0.4, 0.5) is 11.4 Å². The Morgan fingerprint density at radius 2 is 2.11 bits per heavy atom. The molecule has 1 N–H and O–H groups in total. The number of allylic oxidation sites excluding steroid dienone is 1. The van der Waals surface area contributed by atoms with Gasteiger partial charge in [-0.05, 0) is 18.6 Å². The van der Waals surface area contributed by atoms with Crippen molar-refractivity contribution in [2.24, 2.45) is 0 Å². The predicted octanol–water partition coefficient (Wildman–Crippen LogP) is 2.90. The van der Waals surface area contributed by atoms with Crippen molar-refractivity contribution < 1.29 is 4.92 Å². The van der Waals surface area contributed by atoms with E-state index in [2.05, 4.69) is 5.32 Å². The van der Waals surface area contributed by atoms with Crippen molar-refractivity contribution in [2.45, 2.75) is 6.92 Å². The molecule has 0 amide bonds. The molecule has 0 spiro atoms. The van der Waals surface area contributed by atoms with Crippen LogP contribution in [0, 0.1) is 39.7 Å². The molecule has 90 valence electrons. The van der Waals surface area contributed by atoms with Gasteiger partial charge in [-0.25, -0.2) is 0 Å². The third-order valence-corrected chi connectivity index (χ3v) is 2.30. The fourth-order valence-electron chi connectivity index (χ4n) is 1.29. The fourth-order valence-corrected chi connectivity index (χ4v) is 1.56. The summed E-state index contributed by atoms with van der Waals surface area (Å²) in [5.74, 6) is 0. The maximum absolute atomic E-state index is 10.9. The normalized spacial score (nSPS) is 8.89. The number of nitriles is 2. The van der Waals surface area contributed by atoms with Gasteiger partial charge in [0.2, 0.25) is 0 Å². The van der Waals surface area contributed by atoms with Crippen molar-refractivity contribution in [3.05, 3.63) is 44.6 Å². The van der Waals surface area contributed by atoms with E-state index in [9.17, 15) is 10.1 Å². The molecule has 0 saturated carbocycles. The predicted molar refractivity (Wildman–Crippen MR) is 65.8 cm³/mol. The molecule has 0 heterocycles. The van der Waals surface area contributed by atoms with Gasteiger partial charge in [-0.3, -0.25) is 10.1 Å². The highest BCUT2D eigenvalue weighted by Crippen LogP contribution is 2.31. The van der Waals surface area contributed by atoms with Gasteiger partial charge in [0.1, 0.15) is 23.4 Å². The molecule has 0 radical (unpaired) electrons.